The smallest absolute Gasteiger partial charge is 0.233 e. The van der Waals surface area contributed by atoms with Crippen molar-refractivity contribution in [2.75, 3.05) is 33.4 Å². The zero-order valence-electron chi connectivity index (χ0n) is 9.55. The lowest BCUT2D eigenvalue weighted by Crippen LogP contribution is -2.34. The maximum atomic E-state index is 11.2. The summed E-state index contributed by atoms with van der Waals surface area (Å²) in [5.41, 5.74) is 0. The Hall–Kier alpha value is -0.870. The summed E-state index contributed by atoms with van der Waals surface area (Å²) < 4.78 is 4.93. The van der Waals surface area contributed by atoms with E-state index in [0.717, 1.165) is 32.4 Å². The highest BCUT2D eigenvalue weighted by Crippen LogP contribution is 1.93. The van der Waals surface area contributed by atoms with Crippen molar-refractivity contribution in [2.45, 2.75) is 19.3 Å². The van der Waals surface area contributed by atoms with E-state index in [1.807, 2.05) is 0 Å². The minimum Gasteiger partial charge on any atom is -0.385 e. The minimum absolute atomic E-state index is 0.0450. The highest BCUT2D eigenvalue weighted by molar-refractivity contribution is 5.77. The predicted molar refractivity (Wildman–Crippen MR) is 61.8 cm³/mol. The fraction of sp³-hybridized carbons (Fsp3) is 0.727. The molecule has 0 heterocycles. The van der Waals surface area contributed by atoms with E-state index in [2.05, 4.69) is 17.2 Å². The molecule has 0 atom stereocenters. The van der Waals surface area contributed by atoms with Gasteiger partial charge < -0.3 is 15.4 Å². The van der Waals surface area contributed by atoms with Gasteiger partial charge in [-0.1, -0.05) is 6.08 Å². The second kappa shape index (κ2) is 11.2. The van der Waals surface area contributed by atoms with Crippen LogP contribution in [0.2, 0.25) is 0 Å². The molecule has 0 saturated carbocycles. The number of hydrogen-bond acceptors (Lipinski definition) is 3. The number of carbonyl (C=O) groups is 1. The molecule has 0 bridgehead atoms. The van der Waals surface area contributed by atoms with Crippen LogP contribution >= 0.6 is 0 Å². The van der Waals surface area contributed by atoms with Gasteiger partial charge in [0.05, 0.1) is 6.54 Å². The fourth-order valence-corrected chi connectivity index (χ4v) is 1.13. The van der Waals surface area contributed by atoms with Crippen molar-refractivity contribution < 1.29 is 9.53 Å². The summed E-state index contributed by atoms with van der Waals surface area (Å²) in [4.78, 5) is 11.2. The maximum absolute atomic E-state index is 11.2. The van der Waals surface area contributed by atoms with E-state index in [0.29, 0.717) is 13.1 Å². The van der Waals surface area contributed by atoms with Crippen LogP contribution < -0.4 is 10.6 Å². The third kappa shape index (κ3) is 11.1. The zero-order valence-corrected chi connectivity index (χ0v) is 9.55. The first-order chi connectivity index (χ1) is 7.31. The predicted octanol–water partition coefficient (Wildman–Crippen LogP) is 0.695. The van der Waals surface area contributed by atoms with Gasteiger partial charge in [0.2, 0.25) is 5.91 Å². The Kier molecular flexibility index (Phi) is 10.6. The quantitative estimate of drug-likeness (QED) is 0.415. The summed E-state index contributed by atoms with van der Waals surface area (Å²) in [7, 11) is 1.70. The van der Waals surface area contributed by atoms with Gasteiger partial charge in [0.1, 0.15) is 0 Å². The van der Waals surface area contributed by atoms with Crippen molar-refractivity contribution in [2.24, 2.45) is 0 Å². The molecule has 0 aliphatic heterocycles. The SMILES string of the molecule is C=CCNCC(=O)NCCCCCOC. The van der Waals surface area contributed by atoms with Crippen LogP contribution in [-0.2, 0) is 9.53 Å². The van der Waals surface area contributed by atoms with Gasteiger partial charge in [0, 0.05) is 26.8 Å². The molecule has 0 rings (SSSR count). The van der Waals surface area contributed by atoms with Crippen molar-refractivity contribution in [3.8, 4) is 0 Å². The van der Waals surface area contributed by atoms with Gasteiger partial charge in [-0.25, -0.2) is 0 Å². The highest BCUT2D eigenvalue weighted by atomic mass is 16.5. The van der Waals surface area contributed by atoms with Crippen LogP contribution in [0, 0.1) is 0 Å². The number of nitrogens with one attached hydrogen (secondary N) is 2. The molecule has 0 fully saturated rings. The molecule has 4 heteroatoms. The largest absolute Gasteiger partial charge is 0.385 e. The van der Waals surface area contributed by atoms with E-state index in [4.69, 9.17) is 4.74 Å². The number of ether oxygens (including phenoxy) is 1. The Bertz CT molecular complexity index is 172. The summed E-state index contributed by atoms with van der Waals surface area (Å²) in [5, 5.41) is 5.79. The van der Waals surface area contributed by atoms with Crippen molar-refractivity contribution in [1.82, 2.24) is 10.6 Å². The molecule has 88 valence electrons. The van der Waals surface area contributed by atoms with Crippen LogP contribution in [0.1, 0.15) is 19.3 Å². The van der Waals surface area contributed by atoms with E-state index in [9.17, 15) is 4.79 Å². The average molecular weight is 214 g/mol. The Morgan fingerprint density at radius 1 is 1.40 bits per heavy atom. The molecular weight excluding hydrogens is 192 g/mol. The van der Waals surface area contributed by atoms with Crippen LogP contribution in [0.25, 0.3) is 0 Å². The summed E-state index contributed by atoms with van der Waals surface area (Å²) in [6, 6.07) is 0. The van der Waals surface area contributed by atoms with Gasteiger partial charge in [0.15, 0.2) is 0 Å². The monoisotopic (exact) mass is 214 g/mol. The van der Waals surface area contributed by atoms with E-state index in [1.165, 1.54) is 0 Å². The van der Waals surface area contributed by atoms with Crippen molar-refractivity contribution in [1.29, 1.82) is 0 Å². The molecule has 0 aromatic carbocycles. The van der Waals surface area contributed by atoms with Crippen LogP contribution in [0.5, 0.6) is 0 Å². The van der Waals surface area contributed by atoms with Crippen LogP contribution in [-0.4, -0.2) is 39.3 Å². The lowest BCUT2D eigenvalue weighted by molar-refractivity contribution is -0.120. The summed E-state index contributed by atoms with van der Waals surface area (Å²) in [5.74, 6) is 0.0450. The van der Waals surface area contributed by atoms with E-state index >= 15 is 0 Å². The normalized spacial score (nSPS) is 9.93. The van der Waals surface area contributed by atoms with Gasteiger partial charge in [-0.2, -0.15) is 0 Å². The lowest BCUT2D eigenvalue weighted by atomic mass is 10.2. The molecule has 0 saturated heterocycles. The van der Waals surface area contributed by atoms with Gasteiger partial charge in [-0.15, -0.1) is 6.58 Å². The number of carbonyl (C=O) groups excluding carboxylic acids is 1. The molecule has 4 nitrogen and oxygen atoms in total. The second-order valence-corrected chi connectivity index (χ2v) is 3.32. The van der Waals surface area contributed by atoms with Gasteiger partial charge >= 0.3 is 0 Å². The minimum atomic E-state index is 0.0450. The number of amides is 1. The molecule has 0 aliphatic rings. The van der Waals surface area contributed by atoms with Crippen LogP contribution in [0.4, 0.5) is 0 Å². The Morgan fingerprint density at radius 2 is 2.20 bits per heavy atom. The van der Waals surface area contributed by atoms with E-state index in [1.54, 1.807) is 13.2 Å². The summed E-state index contributed by atoms with van der Waals surface area (Å²) in [6.07, 6.45) is 4.89. The third-order valence-electron chi connectivity index (χ3n) is 1.92. The van der Waals surface area contributed by atoms with Crippen molar-refractivity contribution in [3.05, 3.63) is 12.7 Å². The average Bonchev–Trinajstić information content (AvgIpc) is 2.23. The second-order valence-electron chi connectivity index (χ2n) is 3.32. The highest BCUT2D eigenvalue weighted by Gasteiger charge is 1.97. The molecule has 0 aliphatic carbocycles. The number of hydrogen-bond donors (Lipinski definition) is 2. The van der Waals surface area contributed by atoms with E-state index < -0.39 is 0 Å². The Labute approximate surface area is 92.1 Å². The molecule has 1 amide bonds. The van der Waals surface area contributed by atoms with Crippen LogP contribution in [0.3, 0.4) is 0 Å². The van der Waals surface area contributed by atoms with Crippen molar-refractivity contribution >= 4 is 5.91 Å². The van der Waals surface area contributed by atoms with Gasteiger partial charge in [0.25, 0.3) is 0 Å². The number of rotatable bonds is 10. The number of unbranched alkanes of at least 4 members (excludes halogenated alkanes) is 2. The first-order valence-corrected chi connectivity index (χ1v) is 5.38. The maximum Gasteiger partial charge on any atom is 0.233 e. The molecule has 2 N–H and O–H groups in total. The molecule has 15 heavy (non-hydrogen) atoms. The molecule has 0 unspecified atom stereocenters. The fourth-order valence-electron chi connectivity index (χ4n) is 1.13. The standard InChI is InChI=1S/C11H22N2O2/c1-3-7-12-10-11(14)13-8-5-4-6-9-15-2/h3,12H,1,4-10H2,2H3,(H,13,14). The van der Waals surface area contributed by atoms with Crippen LogP contribution in [0.15, 0.2) is 12.7 Å². The molecule has 0 spiro atoms. The molecule has 0 aromatic rings. The van der Waals surface area contributed by atoms with Crippen molar-refractivity contribution in [3.63, 3.8) is 0 Å². The zero-order chi connectivity index (χ0) is 11.4. The Morgan fingerprint density at radius 3 is 2.87 bits per heavy atom. The molecular formula is C11H22N2O2. The van der Waals surface area contributed by atoms with E-state index in [-0.39, 0.29) is 5.91 Å². The number of methoxy groups -OCH3 is 1. The topological polar surface area (TPSA) is 50.4 Å². The van der Waals surface area contributed by atoms with Gasteiger partial charge in [-0.3, -0.25) is 4.79 Å². The first kappa shape index (κ1) is 14.1. The first-order valence-electron chi connectivity index (χ1n) is 5.38. The summed E-state index contributed by atoms with van der Waals surface area (Å²) >= 11 is 0. The lowest BCUT2D eigenvalue weighted by Gasteiger charge is -2.05. The molecule has 0 radical (unpaired) electrons. The molecule has 0 aromatic heterocycles. The third-order valence-corrected chi connectivity index (χ3v) is 1.92. The summed E-state index contributed by atoms with van der Waals surface area (Å²) in [6.45, 7) is 6.14. The Balaban J connectivity index is 3.13. The van der Waals surface area contributed by atoms with Gasteiger partial charge in [-0.05, 0) is 19.3 Å².